The molecule has 0 aromatic heterocycles. The van der Waals surface area contributed by atoms with E-state index in [-0.39, 0.29) is 6.10 Å². The Balaban J connectivity index is 2.17. The van der Waals surface area contributed by atoms with Crippen molar-refractivity contribution in [2.75, 3.05) is 0 Å². The van der Waals surface area contributed by atoms with E-state index in [1.165, 1.54) is 36.8 Å². The maximum atomic E-state index is 9.88. The zero-order chi connectivity index (χ0) is 12.5. The van der Waals surface area contributed by atoms with Crippen LogP contribution in [0.15, 0.2) is 24.3 Å². The van der Waals surface area contributed by atoms with E-state index in [0.29, 0.717) is 0 Å². The molecule has 1 rings (SSSR count). The maximum absolute atomic E-state index is 9.88. The SMILES string of the molecule is CCCCCCC(O)CCc1cccc(C)c1. The maximum Gasteiger partial charge on any atom is 0.0543 e. The molecule has 1 aromatic rings. The summed E-state index contributed by atoms with van der Waals surface area (Å²) in [6, 6.07) is 8.57. The van der Waals surface area contributed by atoms with Crippen molar-refractivity contribution in [3.05, 3.63) is 35.4 Å². The molecule has 0 radical (unpaired) electrons. The van der Waals surface area contributed by atoms with Crippen molar-refractivity contribution in [3.8, 4) is 0 Å². The van der Waals surface area contributed by atoms with Crippen LogP contribution in [0.5, 0.6) is 0 Å². The number of hydrogen-bond acceptors (Lipinski definition) is 1. The summed E-state index contributed by atoms with van der Waals surface area (Å²) in [6.07, 6.45) is 7.73. The van der Waals surface area contributed by atoms with Gasteiger partial charge in [-0.2, -0.15) is 0 Å². The van der Waals surface area contributed by atoms with Crippen LogP contribution in [0.1, 0.15) is 56.6 Å². The standard InChI is InChI=1S/C16H26O/c1-3-4-5-6-10-16(17)12-11-15-9-7-8-14(2)13-15/h7-9,13,16-17H,3-6,10-12H2,1-2H3. The predicted molar refractivity (Wildman–Crippen MR) is 74.3 cm³/mol. The van der Waals surface area contributed by atoms with E-state index in [2.05, 4.69) is 38.1 Å². The van der Waals surface area contributed by atoms with Gasteiger partial charge in [-0.3, -0.25) is 0 Å². The molecule has 0 spiro atoms. The quantitative estimate of drug-likeness (QED) is 0.666. The molecule has 1 aromatic carbocycles. The van der Waals surface area contributed by atoms with Gasteiger partial charge in [-0.05, 0) is 31.7 Å². The Morgan fingerprint density at radius 2 is 1.94 bits per heavy atom. The van der Waals surface area contributed by atoms with E-state index >= 15 is 0 Å². The molecule has 1 unspecified atom stereocenters. The average molecular weight is 234 g/mol. The van der Waals surface area contributed by atoms with Crippen molar-refractivity contribution < 1.29 is 5.11 Å². The molecule has 1 nitrogen and oxygen atoms in total. The fourth-order valence-electron chi connectivity index (χ4n) is 2.15. The molecule has 0 fully saturated rings. The fourth-order valence-corrected chi connectivity index (χ4v) is 2.15. The largest absolute Gasteiger partial charge is 0.393 e. The summed E-state index contributed by atoms with van der Waals surface area (Å²) in [5.74, 6) is 0. The van der Waals surface area contributed by atoms with Crippen LogP contribution in [0.2, 0.25) is 0 Å². The summed E-state index contributed by atoms with van der Waals surface area (Å²) >= 11 is 0. The third-order valence-electron chi connectivity index (χ3n) is 3.24. The lowest BCUT2D eigenvalue weighted by molar-refractivity contribution is 0.151. The van der Waals surface area contributed by atoms with Gasteiger partial charge >= 0.3 is 0 Å². The first kappa shape index (κ1) is 14.2. The zero-order valence-electron chi connectivity index (χ0n) is 11.3. The lowest BCUT2D eigenvalue weighted by atomic mass is 10.0. The minimum atomic E-state index is -0.118. The summed E-state index contributed by atoms with van der Waals surface area (Å²) in [4.78, 5) is 0. The van der Waals surface area contributed by atoms with Crippen molar-refractivity contribution in [2.24, 2.45) is 0 Å². The van der Waals surface area contributed by atoms with E-state index in [4.69, 9.17) is 0 Å². The van der Waals surface area contributed by atoms with E-state index in [1.54, 1.807) is 0 Å². The number of benzene rings is 1. The molecule has 0 saturated carbocycles. The molecule has 0 heterocycles. The summed E-state index contributed by atoms with van der Waals surface area (Å²) in [5, 5.41) is 9.88. The smallest absolute Gasteiger partial charge is 0.0543 e. The van der Waals surface area contributed by atoms with E-state index in [0.717, 1.165) is 19.3 Å². The second-order valence-corrected chi connectivity index (χ2v) is 5.03. The fraction of sp³-hybridized carbons (Fsp3) is 0.625. The number of aryl methyl sites for hydroxylation is 2. The average Bonchev–Trinajstić information content (AvgIpc) is 2.32. The first-order valence-corrected chi connectivity index (χ1v) is 6.96. The molecule has 96 valence electrons. The zero-order valence-corrected chi connectivity index (χ0v) is 11.3. The minimum Gasteiger partial charge on any atom is -0.393 e. The normalized spacial score (nSPS) is 12.6. The summed E-state index contributed by atoms with van der Waals surface area (Å²) in [7, 11) is 0. The molecule has 0 aliphatic heterocycles. The predicted octanol–water partition coefficient (Wildman–Crippen LogP) is 4.26. The molecule has 0 amide bonds. The van der Waals surface area contributed by atoms with Crippen molar-refractivity contribution in [2.45, 2.75) is 64.9 Å². The van der Waals surface area contributed by atoms with E-state index < -0.39 is 0 Å². The van der Waals surface area contributed by atoms with Gasteiger partial charge in [-0.25, -0.2) is 0 Å². The van der Waals surface area contributed by atoms with Crippen LogP contribution in [0.25, 0.3) is 0 Å². The molecule has 0 bridgehead atoms. The molecule has 1 atom stereocenters. The van der Waals surface area contributed by atoms with Crippen LogP contribution in [-0.2, 0) is 6.42 Å². The molecule has 1 heteroatoms. The van der Waals surface area contributed by atoms with Gasteiger partial charge in [0, 0.05) is 0 Å². The molecule has 17 heavy (non-hydrogen) atoms. The van der Waals surface area contributed by atoms with Crippen molar-refractivity contribution in [1.82, 2.24) is 0 Å². The molecule has 0 aliphatic rings. The topological polar surface area (TPSA) is 20.2 Å². The first-order chi connectivity index (χ1) is 8.22. The first-order valence-electron chi connectivity index (χ1n) is 6.96. The molecule has 0 aliphatic carbocycles. The molecular weight excluding hydrogens is 208 g/mol. The molecule has 0 saturated heterocycles. The highest BCUT2D eigenvalue weighted by Crippen LogP contribution is 2.12. The van der Waals surface area contributed by atoms with Gasteiger partial charge in [-0.1, -0.05) is 62.4 Å². The lowest BCUT2D eigenvalue weighted by Gasteiger charge is -2.10. The highest BCUT2D eigenvalue weighted by Gasteiger charge is 2.04. The Bertz CT molecular complexity index is 306. The highest BCUT2D eigenvalue weighted by atomic mass is 16.3. The van der Waals surface area contributed by atoms with Gasteiger partial charge in [0.2, 0.25) is 0 Å². The van der Waals surface area contributed by atoms with Gasteiger partial charge in [0.15, 0.2) is 0 Å². The summed E-state index contributed by atoms with van der Waals surface area (Å²) in [6.45, 7) is 4.33. The lowest BCUT2D eigenvalue weighted by Crippen LogP contribution is -2.07. The van der Waals surface area contributed by atoms with Crippen LogP contribution in [0, 0.1) is 6.92 Å². The van der Waals surface area contributed by atoms with E-state index in [1.807, 2.05) is 0 Å². The number of aliphatic hydroxyl groups is 1. The Morgan fingerprint density at radius 1 is 1.12 bits per heavy atom. The Labute approximate surface area is 106 Å². The Kier molecular flexibility index (Phi) is 6.95. The van der Waals surface area contributed by atoms with Crippen LogP contribution in [0.3, 0.4) is 0 Å². The number of hydrogen-bond donors (Lipinski definition) is 1. The molecule has 1 N–H and O–H groups in total. The minimum absolute atomic E-state index is 0.118. The van der Waals surface area contributed by atoms with Gasteiger partial charge in [0.25, 0.3) is 0 Å². The number of rotatable bonds is 8. The van der Waals surface area contributed by atoms with Gasteiger partial charge in [0.05, 0.1) is 6.10 Å². The van der Waals surface area contributed by atoms with Crippen molar-refractivity contribution in [1.29, 1.82) is 0 Å². The number of aliphatic hydroxyl groups excluding tert-OH is 1. The van der Waals surface area contributed by atoms with Crippen molar-refractivity contribution >= 4 is 0 Å². The third kappa shape index (κ3) is 6.48. The Hall–Kier alpha value is -0.820. The van der Waals surface area contributed by atoms with Crippen LogP contribution in [-0.4, -0.2) is 11.2 Å². The highest BCUT2D eigenvalue weighted by molar-refractivity contribution is 5.22. The van der Waals surface area contributed by atoms with Crippen LogP contribution >= 0.6 is 0 Å². The summed E-state index contributed by atoms with van der Waals surface area (Å²) in [5.41, 5.74) is 2.65. The third-order valence-corrected chi connectivity index (χ3v) is 3.24. The Morgan fingerprint density at radius 3 is 2.65 bits per heavy atom. The van der Waals surface area contributed by atoms with Crippen LogP contribution < -0.4 is 0 Å². The number of unbranched alkanes of at least 4 members (excludes halogenated alkanes) is 3. The second-order valence-electron chi connectivity index (χ2n) is 5.03. The van der Waals surface area contributed by atoms with E-state index in [9.17, 15) is 5.11 Å². The molecular formula is C16H26O. The van der Waals surface area contributed by atoms with Crippen LogP contribution in [0.4, 0.5) is 0 Å². The summed E-state index contributed by atoms with van der Waals surface area (Å²) < 4.78 is 0. The van der Waals surface area contributed by atoms with Gasteiger partial charge in [0.1, 0.15) is 0 Å². The van der Waals surface area contributed by atoms with Crippen molar-refractivity contribution in [3.63, 3.8) is 0 Å². The van der Waals surface area contributed by atoms with Gasteiger partial charge < -0.3 is 5.11 Å². The van der Waals surface area contributed by atoms with Gasteiger partial charge in [-0.15, -0.1) is 0 Å². The second kappa shape index (κ2) is 8.30. The monoisotopic (exact) mass is 234 g/mol.